The standard InChI is InChI=1S/C29H33NO3/c30-17-26-16-28(22-31-18-23-10-4-1-5-11-23)21-29(26,33-20-25-14-8-3-9-15-25)27(28)32-19-24-12-6-2-7-13-24/h1-15,26-27H,16-22,30H2/t26-,27+,28+,29-/m0/s1. The van der Waals surface area contributed by atoms with E-state index in [0.29, 0.717) is 33.0 Å². The Kier molecular flexibility index (Phi) is 6.61. The van der Waals surface area contributed by atoms with Crippen LogP contribution in [0.3, 0.4) is 0 Å². The van der Waals surface area contributed by atoms with Gasteiger partial charge < -0.3 is 19.9 Å². The third kappa shape index (κ3) is 4.49. The molecule has 4 heteroatoms. The Morgan fingerprint density at radius 2 is 1.27 bits per heavy atom. The fourth-order valence-electron chi connectivity index (χ4n) is 5.85. The second-order valence-electron chi connectivity index (χ2n) is 9.56. The van der Waals surface area contributed by atoms with Crippen molar-refractivity contribution < 1.29 is 14.2 Å². The van der Waals surface area contributed by atoms with E-state index in [4.69, 9.17) is 19.9 Å². The lowest BCUT2D eigenvalue weighted by Gasteiger charge is -2.55. The lowest BCUT2D eigenvalue weighted by molar-refractivity contribution is -0.263. The van der Waals surface area contributed by atoms with Crippen molar-refractivity contribution in [2.45, 2.75) is 44.4 Å². The fraction of sp³-hybridized carbons (Fsp3) is 0.379. The Hall–Kier alpha value is -2.50. The predicted octanol–water partition coefficient (Wildman–Crippen LogP) is 5.11. The minimum atomic E-state index is -0.352. The van der Waals surface area contributed by atoms with Crippen molar-refractivity contribution in [1.82, 2.24) is 0 Å². The maximum absolute atomic E-state index is 6.68. The van der Waals surface area contributed by atoms with E-state index in [9.17, 15) is 0 Å². The van der Waals surface area contributed by atoms with Crippen LogP contribution in [0.5, 0.6) is 0 Å². The summed E-state index contributed by atoms with van der Waals surface area (Å²) in [5, 5.41) is 0. The highest BCUT2D eigenvalue weighted by Gasteiger charge is 2.74. The smallest absolute Gasteiger partial charge is 0.100 e. The molecule has 2 bridgehead atoms. The molecule has 0 spiro atoms. The van der Waals surface area contributed by atoms with E-state index in [1.54, 1.807) is 0 Å². The van der Waals surface area contributed by atoms with E-state index in [2.05, 4.69) is 72.8 Å². The molecule has 2 N–H and O–H groups in total. The minimum Gasteiger partial charge on any atom is -0.376 e. The number of nitrogens with two attached hydrogens (primary N) is 1. The van der Waals surface area contributed by atoms with E-state index in [0.717, 1.165) is 12.8 Å². The molecule has 3 aliphatic rings. The summed E-state index contributed by atoms with van der Waals surface area (Å²) in [4.78, 5) is 0. The summed E-state index contributed by atoms with van der Waals surface area (Å²) < 4.78 is 19.5. The maximum atomic E-state index is 6.68. The normalized spacial score (nSPS) is 27.9. The SMILES string of the molecule is NC[C@@H]1C[C@]2(COCc3ccccc3)C[C@@]1(OCc1ccccc1)[C@@H]2OCc1ccccc1. The van der Waals surface area contributed by atoms with Crippen molar-refractivity contribution in [1.29, 1.82) is 0 Å². The first-order chi connectivity index (χ1) is 16.2. The first-order valence-corrected chi connectivity index (χ1v) is 11.9. The summed E-state index contributed by atoms with van der Waals surface area (Å²) >= 11 is 0. The van der Waals surface area contributed by atoms with Gasteiger partial charge in [0.05, 0.1) is 32.5 Å². The Bertz CT molecular complexity index is 1010. The van der Waals surface area contributed by atoms with Crippen LogP contribution in [-0.4, -0.2) is 24.9 Å². The first-order valence-electron chi connectivity index (χ1n) is 11.9. The van der Waals surface area contributed by atoms with E-state index in [-0.39, 0.29) is 23.0 Å². The van der Waals surface area contributed by atoms with Gasteiger partial charge in [-0.25, -0.2) is 0 Å². The van der Waals surface area contributed by atoms with Gasteiger partial charge in [0.25, 0.3) is 0 Å². The van der Waals surface area contributed by atoms with Crippen molar-refractivity contribution in [3.63, 3.8) is 0 Å². The largest absolute Gasteiger partial charge is 0.376 e. The quantitative estimate of drug-likeness (QED) is 0.447. The first kappa shape index (κ1) is 22.3. The molecule has 3 saturated carbocycles. The molecular formula is C29H33NO3. The highest BCUT2D eigenvalue weighted by Crippen LogP contribution is 2.67. The van der Waals surface area contributed by atoms with Gasteiger partial charge in [0.2, 0.25) is 0 Å². The molecule has 0 aromatic heterocycles. The van der Waals surface area contributed by atoms with Crippen LogP contribution in [-0.2, 0) is 34.0 Å². The lowest BCUT2D eigenvalue weighted by atomic mass is 9.63. The third-order valence-corrected chi connectivity index (χ3v) is 7.37. The van der Waals surface area contributed by atoms with Gasteiger partial charge in [-0.15, -0.1) is 0 Å². The van der Waals surface area contributed by atoms with Crippen LogP contribution < -0.4 is 5.73 Å². The van der Waals surface area contributed by atoms with Gasteiger partial charge >= 0.3 is 0 Å². The van der Waals surface area contributed by atoms with Crippen LogP contribution in [0.1, 0.15) is 29.5 Å². The highest BCUT2D eigenvalue weighted by molar-refractivity contribution is 5.26. The van der Waals surface area contributed by atoms with Crippen LogP contribution in [0.25, 0.3) is 0 Å². The number of hydrogen-bond acceptors (Lipinski definition) is 4. The van der Waals surface area contributed by atoms with E-state index < -0.39 is 0 Å². The maximum Gasteiger partial charge on any atom is 0.100 e. The summed E-state index contributed by atoms with van der Waals surface area (Å²) in [5.41, 5.74) is 9.41. The fourth-order valence-corrected chi connectivity index (χ4v) is 5.85. The zero-order chi connectivity index (χ0) is 22.6. The predicted molar refractivity (Wildman–Crippen MR) is 129 cm³/mol. The van der Waals surface area contributed by atoms with Gasteiger partial charge in [0.1, 0.15) is 5.60 Å². The molecule has 3 aromatic rings. The molecule has 3 aliphatic carbocycles. The van der Waals surface area contributed by atoms with Crippen molar-refractivity contribution in [3.8, 4) is 0 Å². The molecular weight excluding hydrogens is 410 g/mol. The molecule has 6 rings (SSSR count). The van der Waals surface area contributed by atoms with Crippen molar-refractivity contribution in [3.05, 3.63) is 108 Å². The second-order valence-corrected chi connectivity index (χ2v) is 9.56. The second kappa shape index (κ2) is 9.78. The van der Waals surface area contributed by atoms with Crippen LogP contribution in [0.15, 0.2) is 91.0 Å². The lowest BCUT2D eigenvalue weighted by Crippen LogP contribution is -2.64. The minimum absolute atomic E-state index is 0.0294. The Labute approximate surface area is 196 Å². The van der Waals surface area contributed by atoms with Crippen LogP contribution >= 0.6 is 0 Å². The van der Waals surface area contributed by atoms with Gasteiger partial charge in [0.15, 0.2) is 0 Å². The summed E-state index contributed by atoms with van der Waals surface area (Å²) in [5.74, 6) is 0.266. The third-order valence-electron chi connectivity index (χ3n) is 7.37. The molecule has 0 heterocycles. The monoisotopic (exact) mass is 443 g/mol. The average molecular weight is 444 g/mol. The molecule has 0 aliphatic heterocycles. The molecule has 0 unspecified atom stereocenters. The Morgan fingerprint density at radius 3 is 1.85 bits per heavy atom. The topological polar surface area (TPSA) is 53.7 Å². The number of ether oxygens (including phenoxy) is 3. The molecule has 4 atom stereocenters. The van der Waals surface area contributed by atoms with E-state index in [1.807, 2.05) is 18.2 Å². The number of fused-ring (bicyclic) bond motifs is 1. The van der Waals surface area contributed by atoms with Gasteiger partial charge in [0, 0.05) is 11.3 Å². The molecule has 0 saturated heterocycles. The van der Waals surface area contributed by atoms with Crippen LogP contribution in [0.2, 0.25) is 0 Å². The average Bonchev–Trinajstić information content (AvgIpc) is 3.33. The van der Waals surface area contributed by atoms with Crippen molar-refractivity contribution in [2.24, 2.45) is 17.1 Å². The van der Waals surface area contributed by atoms with Crippen LogP contribution in [0, 0.1) is 11.3 Å². The highest BCUT2D eigenvalue weighted by atomic mass is 16.6. The summed E-state index contributed by atoms with van der Waals surface area (Å²) in [7, 11) is 0. The Balaban J connectivity index is 1.32. The number of benzene rings is 3. The molecule has 172 valence electrons. The molecule has 3 fully saturated rings. The van der Waals surface area contributed by atoms with Gasteiger partial charge in [-0.05, 0) is 36.1 Å². The zero-order valence-corrected chi connectivity index (χ0v) is 19.1. The summed E-state index contributed by atoms with van der Waals surface area (Å²) in [6, 6.07) is 31.0. The van der Waals surface area contributed by atoms with Crippen LogP contribution in [0.4, 0.5) is 0 Å². The van der Waals surface area contributed by atoms with E-state index >= 15 is 0 Å². The summed E-state index contributed by atoms with van der Waals surface area (Å²) in [6.45, 7) is 3.01. The van der Waals surface area contributed by atoms with E-state index in [1.165, 1.54) is 16.7 Å². The molecule has 0 radical (unpaired) electrons. The molecule has 3 aromatic carbocycles. The molecule has 4 nitrogen and oxygen atoms in total. The van der Waals surface area contributed by atoms with Gasteiger partial charge in [-0.3, -0.25) is 0 Å². The van der Waals surface area contributed by atoms with Gasteiger partial charge in [-0.1, -0.05) is 91.0 Å². The Morgan fingerprint density at radius 1 is 0.727 bits per heavy atom. The van der Waals surface area contributed by atoms with Crippen molar-refractivity contribution >= 4 is 0 Å². The summed E-state index contributed by atoms with van der Waals surface area (Å²) in [6.07, 6.45) is 1.88. The zero-order valence-electron chi connectivity index (χ0n) is 19.1. The number of rotatable bonds is 11. The van der Waals surface area contributed by atoms with Crippen molar-refractivity contribution in [2.75, 3.05) is 13.2 Å². The molecule has 0 amide bonds. The number of hydrogen-bond donors (Lipinski definition) is 1. The van der Waals surface area contributed by atoms with Gasteiger partial charge in [-0.2, -0.15) is 0 Å². The molecule has 33 heavy (non-hydrogen) atoms.